The molecule has 0 unspecified atom stereocenters. The van der Waals surface area contributed by atoms with Crippen molar-refractivity contribution in [1.82, 2.24) is 19.9 Å². The van der Waals surface area contributed by atoms with Crippen LogP contribution >= 0.6 is 0 Å². The van der Waals surface area contributed by atoms with Crippen molar-refractivity contribution in [2.24, 2.45) is 0 Å². The predicted octanol–water partition coefficient (Wildman–Crippen LogP) is 2.82. The second kappa shape index (κ2) is 6.24. The number of fused-ring (bicyclic) bond motifs is 3. The highest BCUT2D eigenvalue weighted by atomic mass is 32.2. The molecule has 0 fully saturated rings. The lowest BCUT2D eigenvalue weighted by Crippen LogP contribution is -2.35. The van der Waals surface area contributed by atoms with Gasteiger partial charge in [-0.05, 0) is 26.2 Å². The molecule has 2 bridgehead atoms. The average molecular weight is 356 g/mol. The van der Waals surface area contributed by atoms with E-state index in [1.807, 2.05) is 6.92 Å². The molecule has 3 heterocycles. The quantitative estimate of drug-likeness (QED) is 0.828. The fraction of sp³-hybridized carbons (Fsp3) is 0.579. The zero-order valence-corrected chi connectivity index (χ0v) is 16.1. The highest BCUT2D eigenvalue weighted by molar-refractivity contribution is 7.85. The summed E-state index contributed by atoms with van der Waals surface area (Å²) in [6.07, 6.45) is 4.23. The molecule has 2 aliphatic rings. The van der Waals surface area contributed by atoms with Gasteiger partial charge in [-0.25, -0.2) is 19.9 Å². The van der Waals surface area contributed by atoms with E-state index < -0.39 is 10.8 Å². The van der Waals surface area contributed by atoms with Crippen LogP contribution in [0.2, 0.25) is 0 Å². The van der Waals surface area contributed by atoms with Gasteiger partial charge >= 0.3 is 0 Å². The molecule has 4 rings (SSSR count). The van der Waals surface area contributed by atoms with Crippen LogP contribution in [0.4, 0.5) is 0 Å². The molecule has 0 amide bonds. The smallest absolute Gasteiger partial charge is 0.125 e. The standard InChI is InChI=1S/C19H24N4OS/c1-5-14-16-13-8-25(24)10(3)7-12(18(16)21-9-20-14)19-17(13)15(6-2)22-11(4)23-19/h9-10,12-13H,5-8H2,1-4H3/t10-,12+,13-,25+/m1/s1. The number of aryl methyl sites for hydroxylation is 3. The first-order chi connectivity index (χ1) is 12.0. The molecule has 132 valence electrons. The van der Waals surface area contributed by atoms with Gasteiger partial charge in [0.15, 0.2) is 0 Å². The number of hydrogen-bond acceptors (Lipinski definition) is 5. The Morgan fingerprint density at radius 1 is 1.04 bits per heavy atom. The molecule has 1 aliphatic heterocycles. The molecule has 5 nitrogen and oxygen atoms in total. The maximum absolute atomic E-state index is 12.9. The van der Waals surface area contributed by atoms with Crippen molar-refractivity contribution in [3.63, 3.8) is 0 Å². The van der Waals surface area contributed by atoms with Crippen molar-refractivity contribution in [3.8, 4) is 0 Å². The van der Waals surface area contributed by atoms with Gasteiger partial charge in [-0.2, -0.15) is 0 Å². The van der Waals surface area contributed by atoms with Gasteiger partial charge in [-0.3, -0.25) is 4.21 Å². The van der Waals surface area contributed by atoms with Crippen LogP contribution in [0.15, 0.2) is 6.33 Å². The van der Waals surface area contributed by atoms with E-state index in [1.54, 1.807) is 6.33 Å². The molecule has 0 saturated carbocycles. The average Bonchev–Trinajstić information content (AvgIpc) is 2.61. The lowest BCUT2D eigenvalue weighted by molar-refractivity contribution is 0.572. The number of nitrogens with zero attached hydrogens (tertiary/aromatic N) is 4. The molecule has 0 saturated heterocycles. The van der Waals surface area contributed by atoms with Crippen LogP contribution < -0.4 is 0 Å². The van der Waals surface area contributed by atoms with Crippen LogP contribution in [0.3, 0.4) is 0 Å². The zero-order valence-electron chi connectivity index (χ0n) is 15.2. The van der Waals surface area contributed by atoms with Gasteiger partial charge < -0.3 is 0 Å². The van der Waals surface area contributed by atoms with Crippen LogP contribution in [0.5, 0.6) is 0 Å². The summed E-state index contributed by atoms with van der Waals surface area (Å²) in [6.45, 7) is 8.32. The molecule has 2 aromatic heterocycles. The Morgan fingerprint density at radius 3 is 2.48 bits per heavy atom. The summed E-state index contributed by atoms with van der Waals surface area (Å²) in [5, 5.41) is 0.147. The van der Waals surface area contributed by atoms with Crippen molar-refractivity contribution in [2.45, 2.75) is 64.0 Å². The van der Waals surface area contributed by atoms with E-state index in [0.29, 0.717) is 5.75 Å². The Bertz CT molecular complexity index is 867. The summed E-state index contributed by atoms with van der Waals surface area (Å²) >= 11 is 0. The van der Waals surface area contributed by atoms with Gasteiger partial charge in [-0.1, -0.05) is 20.8 Å². The van der Waals surface area contributed by atoms with Gasteiger partial charge in [0.25, 0.3) is 0 Å². The van der Waals surface area contributed by atoms with Crippen LogP contribution in [0.25, 0.3) is 0 Å². The Labute approximate surface area is 151 Å². The Hall–Kier alpha value is -1.69. The fourth-order valence-corrected chi connectivity index (χ4v) is 5.79. The minimum absolute atomic E-state index is 0.0523. The third-order valence-electron chi connectivity index (χ3n) is 5.54. The Kier molecular flexibility index (Phi) is 4.18. The van der Waals surface area contributed by atoms with Crippen molar-refractivity contribution in [1.29, 1.82) is 0 Å². The highest BCUT2D eigenvalue weighted by Crippen LogP contribution is 2.48. The second-order valence-corrected chi connectivity index (χ2v) is 8.94. The molecule has 0 radical (unpaired) electrons. The number of aromatic nitrogens is 4. The molecular formula is C19H24N4OS. The number of hydrogen-bond donors (Lipinski definition) is 0. The molecule has 0 spiro atoms. The fourth-order valence-electron chi connectivity index (χ4n) is 4.40. The topological polar surface area (TPSA) is 68.6 Å². The minimum Gasteiger partial charge on any atom is -0.259 e. The summed E-state index contributed by atoms with van der Waals surface area (Å²) < 4.78 is 12.9. The van der Waals surface area contributed by atoms with E-state index >= 15 is 0 Å². The first kappa shape index (κ1) is 16.8. The van der Waals surface area contributed by atoms with Gasteiger partial charge in [0.05, 0.1) is 11.4 Å². The van der Waals surface area contributed by atoms with Crippen LogP contribution in [-0.2, 0) is 23.6 Å². The van der Waals surface area contributed by atoms with E-state index in [9.17, 15) is 4.21 Å². The van der Waals surface area contributed by atoms with E-state index in [2.05, 4.69) is 30.7 Å². The van der Waals surface area contributed by atoms with Crippen molar-refractivity contribution in [2.75, 3.05) is 5.75 Å². The Morgan fingerprint density at radius 2 is 1.76 bits per heavy atom. The third kappa shape index (κ3) is 2.53. The normalized spacial score (nSPS) is 27.4. The van der Waals surface area contributed by atoms with Gasteiger partial charge in [-0.15, -0.1) is 0 Å². The summed E-state index contributed by atoms with van der Waals surface area (Å²) in [6, 6.07) is 0. The Balaban J connectivity index is 2.07. The van der Waals surface area contributed by atoms with Crippen molar-refractivity contribution < 1.29 is 4.21 Å². The SMILES string of the molecule is CCc1ncnc2c1[C@H]1C[S@](=O)[C@H](C)C[C@@H]2c2nc(C)nc(CC)c21. The molecular weight excluding hydrogens is 332 g/mol. The van der Waals surface area contributed by atoms with Crippen molar-refractivity contribution in [3.05, 3.63) is 46.1 Å². The monoisotopic (exact) mass is 356 g/mol. The third-order valence-corrected chi connectivity index (χ3v) is 7.29. The molecule has 6 heteroatoms. The molecule has 1 aliphatic carbocycles. The van der Waals surface area contributed by atoms with E-state index in [0.717, 1.165) is 47.9 Å². The molecule has 0 N–H and O–H groups in total. The summed E-state index contributed by atoms with van der Waals surface area (Å²) in [4.78, 5) is 18.8. The van der Waals surface area contributed by atoms with E-state index in [4.69, 9.17) is 9.97 Å². The van der Waals surface area contributed by atoms with Crippen LogP contribution in [0.1, 0.15) is 78.8 Å². The van der Waals surface area contributed by atoms with E-state index in [1.165, 1.54) is 11.1 Å². The predicted molar refractivity (Wildman–Crippen MR) is 98.3 cm³/mol. The first-order valence-corrected chi connectivity index (χ1v) is 10.5. The lowest BCUT2D eigenvalue weighted by Gasteiger charge is -2.38. The van der Waals surface area contributed by atoms with E-state index in [-0.39, 0.29) is 17.1 Å². The maximum atomic E-state index is 12.9. The molecule has 25 heavy (non-hydrogen) atoms. The van der Waals surface area contributed by atoms with Crippen LogP contribution in [-0.4, -0.2) is 35.1 Å². The summed E-state index contributed by atoms with van der Waals surface area (Å²) in [7, 11) is -0.864. The van der Waals surface area contributed by atoms with Gasteiger partial charge in [0, 0.05) is 56.2 Å². The largest absolute Gasteiger partial charge is 0.259 e. The van der Waals surface area contributed by atoms with Gasteiger partial charge in [0.1, 0.15) is 12.2 Å². The summed E-state index contributed by atoms with van der Waals surface area (Å²) in [5.41, 5.74) is 6.81. The van der Waals surface area contributed by atoms with Crippen LogP contribution in [0, 0.1) is 6.92 Å². The summed E-state index contributed by atoms with van der Waals surface area (Å²) in [5.74, 6) is 1.59. The molecule has 2 aromatic rings. The van der Waals surface area contributed by atoms with Crippen molar-refractivity contribution >= 4 is 10.8 Å². The maximum Gasteiger partial charge on any atom is 0.125 e. The number of rotatable bonds is 2. The molecule has 4 atom stereocenters. The molecule has 0 aromatic carbocycles. The second-order valence-electron chi connectivity index (χ2n) is 7.04. The minimum atomic E-state index is -0.864. The zero-order chi connectivity index (χ0) is 17.7. The lowest BCUT2D eigenvalue weighted by atomic mass is 9.74. The van der Waals surface area contributed by atoms with Gasteiger partial charge in [0.2, 0.25) is 0 Å². The highest BCUT2D eigenvalue weighted by Gasteiger charge is 2.42. The first-order valence-electron chi connectivity index (χ1n) is 9.13.